The Labute approximate surface area is 73.3 Å². The van der Waals surface area contributed by atoms with Crippen LogP contribution in [0.4, 0.5) is 0 Å². The number of ketones is 2. The van der Waals surface area contributed by atoms with Crippen LogP contribution in [0.15, 0.2) is 23.5 Å². The summed E-state index contributed by atoms with van der Waals surface area (Å²) in [5.74, 6) is -3.22. The number of methoxy groups -OCH3 is 1. The monoisotopic (exact) mass is 182 g/mol. The number of carbonyl (C=O) groups is 3. The van der Waals surface area contributed by atoms with Crippen LogP contribution < -0.4 is 0 Å². The second kappa shape index (κ2) is 3.22. The summed E-state index contributed by atoms with van der Waals surface area (Å²) in [5.41, 5.74) is -0.616. The quantitative estimate of drug-likeness (QED) is 0.467. The van der Waals surface area contributed by atoms with E-state index in [0.717, 1.165) is 19.3 Å². The lowest BCUT2D eigenvalue weighted by molar-refractivity contribution is -0.135. The average Bonchev–Trinajstić information content (AvgIpc) is 2.07. The van der Waals surface area contributed by atoms with Crippen molar-refractivity contribution in [3.05, 3.63) is 23.5 Å². The molecule has 0 spiro atoms. The van der Waals surface area contributed by atoms with E-state index in [1.54, 1.807) is 0 Å². The first-order valence-corrected chi connectivity index (χ1v) is 3.36. The average molecular weight is 182 g/mol. The van der Waals surface area contributed by atoms with Gasteiger partial charge in [-0.25, -0.2) is 4.79 Å². The van der Waals surface area contributed by atoms with E-state index in [1.807, 2.05) is 0 Å². The van der Waals surface area contributed by atoms with Gasteiger partial charge in [-0.3, -0.25) is 9.59 Å². The number of hydrogen-bond donors (Lipinski definition) is 1. The van der Waals surface area contributed by atoms with Gasteiger partial charge >= 0.3 is 5.97 Å². The maximum atomic E-state index is 11.0. The molecule has 0 aromatic heterocycles. The van der Waals surface area contributed by atoms with Crippen molar-refractivity contribution in [1.29, 1.82) is 0 Å². The zero-order valence-electron chi connectivity index (χ0n) is 6.73. The molecule has 0 amide bonds. The zero-order valence-corrected chi connectivity index (χ0v) is 6.73. The molecular formula is C8H6O5. The number of carbonyl (C=O) groups excluding carboxylic acids is 2. The Hall–Kier alpha value is -1.91. The SMILES string of the molecule is COC1=C(C(=O)O)C(=O)C=CC1=O. The van der Waals surface area contributed by atoms with Crippen LogP contribution in [0.2, 0.25) is 0 Å². The number of carboxylic acids is 1. The lowest BCUT2D eigenvalue weighted by Crippen LogP contribution is -2.21. The molecular weight excluding hydrogens is 176 g/mol. The van der Waals surface area contributed by atoms with Crippen LogP contribution in [0.25, 0.3) is 0 Å². The molecule has 0 bridgehead atoms. The van der Waals surface area contributed by atoms with Gasteiger partial charge in [-0.2, -0.15) is 0 Å². The summed E-state index contributed by atoms with van der Waals surface area (Å²) >= 11 is 0. The van der Waals surface area contributed by atoms with E-state index < -0.39 is 28.9 Å². The number of hydrogen-bond acceptors (Lipinski definition) is 4. The van der Waals surface area contributed by atoms with Crippen molar-refractivity contribution in [2.75, 3.05) is 7.11 Å². The Morgan fingerprint density at radius 3 is 2.23 bits per heavy atom. The van der Waals surface area contributed by atoms with Crippen molar-refractivity contribution in [3.8, 4) is 0 Å². The smallest absolute Gasteiger partial charge is 0.343 e. The highest BCUT2D eigenvalue weighted by Gasteiger charge is 2.28. The van der Waals surface area contributed by atoms with E-state index >= 15 is 0 Å². The van der Waals surface area contributed by atoms with Gasteiger partial charge < -0.3 is 9.84 Å². The Morgan fingerprint density at radius 1 is 1.31 bits per heavy atom. The van der Waals surface area contributed by atoms with Crippen LogP contribution in [-0.2, 0) is 19.1 Å². The van der Waals surface area contributed by atoms with Crippen LogP contribution >= 0.6 is 0 Å². The molecule has 0 unspecified atom stereocenters. The predicted molar refractivity (Wildman–Crippen MR) is 40.8 cm³/mol. The molecule has 0 aromatic carbocycles. The second-order valence-electron chi connectivity index (χ2n) is 2.28. The molecule has 13 heavy (non-hydrogen) atoms. The van der Waals surface area contributed by atoms with E-state index in [9.17, 15) is 14.4 Å². The topological polar surface area (TPSA) is 80.7 Å². The van der Waals surface area contributed by atoms with E-state index in [0.29, 0.717) is 0 Å². The fraction of sp³-hybridized carbons (Fsp3) is 0.125. The van der Waals surface area contributed by atoms with Crippen LogP contribution in [0.3, 0.4) is 0 Å². The first-order valence-electron chi connectivity index (χ1n) is 3.36. The van der Waals surface area contributed by atoms with Crippen LogP contribution in [0.1, 0.15) is 0 Å². The summed E-state index contributed by atoms with van der Waals surface area (Å²) in [5, 5.41) is 8.58. The maximum absolute atomic E-state index is 11.0. The normalized spacial score (nSPS) is 16.4. The van der Waals surface area contributed by atoms with Crippen LogP contribution in [0, 0.1) is 0 Å². The minimum Gasteiger partial charge on any atom is -0.492 e. The van der Waals surface area contributed by atoms with Crippen molar-refractivity contribution >= 4 is 17.5 Å². The molecule has 1 aliphatic carbocycles. The summed E-state index contributed by atoms with van der Waals surface area (Å²) in [7, 11) is 1.14. The fourth-order valence-corrected chi connectivity index (χ4v) is 0.951. The molecule has 0 aliphatic heterocycles. The molecule has 0 aromatic rings. The molecule has 0 saturated carbocycles. The first-order chi connectivity index (χ1) is 6.07. The van der Waals surface area contributed by atoms with Gasteiger partial charge in [0.2, 0.25) is 5.78 Å². The van der Waals surface area contributed by atoms with Crippen LogP contribution in [0.5, 0.6) is 0 Å². The highest BCUT2D eigenvalue weighted by molar-refractivity contribution is 6.29. The molecule has 5 heteroatoms. The van der Waals surface area contributed by atoms with Crippen molar-refractivity contribution in [2.24, 2.45) is 0 Å². The maximum Gasteiger partial charge on any atom is 0.343 e. The molecule has 0 heterocycles. The predicted octanol–water partition coefficient (Wildman–Crippen LogP) is -0.321. The standard InChI is InChI=1S/C8H6O5/c1-13-7-5(10)3-2-4(9)6(7)8(11)12/h2-3H,1H3,(H,11,12). The first kappa shape index (κ1) is 9.18. The summed E-state index contributed by atoms with van der Waals surface area (Å²) < 4.78 is 4.52. The van der Waals surface area contributed by atoms with Crippen molar-refractivity contribution < 1.29 is 24.2 Å². The summed E-state index contributed by atoms with van der Waals surface area (Å²) in [6, 6.07) is 0. The Balaban J connectivity index is 3.27. The molecule has 1 aliphatic rings. The minimum atomic E-state index is -1.46. The van der Waals surface area contributed by atoms with Gasteiger partial charge in [-0.1, -0.05) is 0 Å². The van der Waals surface area contributed by atoms with Gasteiger partial charge in [0.1, 0.15) is 0 Å². The Morgan fingerprint density at radius 2 is 1.85 bits per heavy atom. The molecule has 0 saturated heterocycles. The van der Waals surface area contributed by atoms with E-state index in [1.165, 1.54) is 0 Å². The van der Waals surface area contributed by atoms with E-state index in [-0.39, 0.29) is 0 Å². The van der Waals surface area contributed by atoms with E-state index in [4.69, 9.17) is 5.11 Å². The fourth-order valence-electron chi connectivity index (χ4n) is 0.951. The van der Waals surface area contributed by atoms with Gasteiger partial charge in [-0.05, 0) is 12.2 Å². The van der Waals surface area contributed by atoms with Crippen LogP contribution in [-0.4, -0.2) is 29.8 Å². The molecule has 0 fully saturated rings. The number of aliphatic carboxylic acids is 1. The summed E-state index contributed by atoms with van der Waals surface area (Å²) in [6.07, 6.45) is 1.89. The number of carboxylic acid groups (broad SMARTS) is 1. The highest BCUT2D eigenvalue weighted by atomic mass is 16.5. The lowest BCUT2D eigenvalue weighted by Gasteiger charge is -2.09. The summed E-state index contributed by atoms with van der Waals surface area (Å²) in [4.78, 5) is 32.5. The van der Waals surface area contributed by atoms with E-state index in [2.05, 4.69) is 4.74 Å². The zero-order chi connectivity index (χ0) is 10.0. The number of rotatable bonds is 2. The molecule has 1 N–H and O–H groups in total. The highest BCUT2D eigenvalue weighted by Crippen LogP contribution is 2.14. The lowest BCUT2D eigenvalue weighted by atomic mass is 10.0. The molecule has 5 nitrogen and oxygen atoms in total. The van der Waals surface area contributed by atoms with Gasteiger partial charge in [0, 0.05) is 0 Å². The van der Waals surface area contributed by atoms with Gasteiger partial charge in [0.05, 0.1) is 7.11 Å². The third-order valence-electron chi connectivity index (χ3n) is 1.50. The third-order valence-corrected chi connectivity index (χ3v) is 1.50. The van der Waals surface area contributed by atoms with Crippen molar-refractivity contribution in [1.82, 2.24) is 0 Å². The summed E-state index contributed by atoms with van der Waals surface area (Å²) in [6.45, 7) is 0. The number of ether oxygens (including phenoxy) is 1. The molecule has 0 radical (unpaired) electrons. The second-order valence-corrected chi connectivity index (χ2v) is 2.28. The number of allylic oxidation sites excluding steroid dienone is 2. The molecule has 68 valence electrons. The van der Waals surface area contributed by atoms with Gasteiger partial charge in [-0.15, -0.1) is 0 Å². The van der Waals surface area contributed by atoms with Gasteiger partial charge in [0.25, 0.3) is 0 Å². The molecule has 1 rings (SSSR count). The molecule has 0 atom stereocenters. The largest absolute Gasteiger partial charge is 0.492 e. The Kier molecular flexibility index (Phi) is 2.27. The van der Waals surface area contributed by atoms with Crippen molar-refractivity contribution in [2.45, 2.75) is 0 Å². The minimum absolute atomic E-state index is 0.417. The van der Waals surface area contributed by atoms with Gasteiger partial charge in [0.15, 0.2) is 17.1 Å². The Bertz CT molecular complexity index is 348. The van der Waals surface area contributed by atoms with Crippen molar-refractivity contribution in [3.63, 3.8) is 0 Å². The third kappa shape index (κ3) is 1.48.